The van der Waals surface area contributed by atoms with Crippen molar-refractivity contribution in [2.24, 2.45) is 0 Å². The Morgan fingerprint density at radius 1 is 1.38 bits per heavy atom. The number of rotatable bonds is 4. The second-order valence-electron chi connectivity index (χ2n) is 6.30. The van der Waals surface area contributed by atoms with Crippen molar-refractivity contribution < 1.29 is 9.90 Å². The van der Waals surface area contributed by atoms with Gasteiger partial charge in [0.2, 0.25) is 0 Å². The summed E-state index contributed by atoms with van der Waals surface area (Å²) in [7, 11) is 0. The largest absolute Gasteiger partial charge is 0.387 e. The molecule has 0 aliphatic carbocycles. The zero-order valence-electron chi connectivity index (χ0n) is 13.9. The van der Waals surface area contributed by atoms with Gasteiger partial charge in [0.05, 0.1) is 11.1 Å². The van der Waals surface area contributed by atoms with Gasteiger partial charge in [0, 0.05) is 22.3 Å². The number of amides is 2. The quantitative estimate of drug-likeness (QED) is 0.800. The minimum absolute atomic E-state index is 0.0397. The summed E-state index contributed by atoms with van der Waals surface area (Å²) in [5.74, 6) is 0. The molecule has 0 radical (unpaired) electrons. The van der Waals surface area contributed by atoms with E-state index in [-0.39, 0.29) is 12.1 Å². The van der Waals surface area contributed by atoms with Gasteiger partial charge in [0.25, 0.3) is 0 Å². The van der Waals surface area contributed by atoms with Crippen LogP contribution < -0.4 is 5.32 Å². The second kappa shape index (κ2) is 8.14. The molecule has 2 aromatic heterocycles. The number of aliphatic hydroxyl groups excluding tert-OH is 1. The number of hydrogen-bond donors (Lipinski definition) is 2. The van der Waals surface area contributed by atoms with E-state index in [2.05, 4.69) is 5.32 Å². The number of nitrogens with zero attached hydrogens (tertiary/aromatic N) is 1. The van der Waals surface area contributed by atoms with E-state index >= 15 is 0 Å². The Bertz CT molecular complexity index is 654. The lowest BCUT2D eigenvalue weighted by Gasteiger charge is -2.31. The van der Waals surface area contributed by atoms with Crippen LogP contribution in [0.2, 0.25) is 0 Å². The summed E-state index contributed by atoms with van der Waals surface area (Å²) in [6.07, 6.45) is 4.36. The minimum atomic E-state index is -0.493. The lowest BCUT2D eigenvalue weighted by atomic mass is 10.0. The van der Waals surface area contributed by atoms with Gasteiger partial charge in [-0.05, 0) is 49.8 Å². The van der Waals surface area contributed by atoms with E-state index in [9.17, 15) is 9.90 Å². The number of aliphatic hydroxyl groups is 1. The van der Waals surface area contributed by atoms with E-state index in [0.717, 1.165) is 42.1 Å². The first-order valence-electron chi connectivity index (χ1n) is 8.49. The zero-order valence-corrected chi connectivity index (χ0v) is 15.5. The second-order valence-corrected chi connectivity index (χ2v) is 8.57. The molecule has 1 fully saturated rings. The monoisotopic (exact) mass is 364 g/mol. The molecule has 0 bridgehead atoms. The van der Waals surface area contributed by atoms with Gasteiger partial charge in [0.15, 0.2) is 0 Å². The van der Waals surface area contributed by atoms with Crippen LogP contribution >= 0.6 is 22.7 Å². The van der Waals surface area contributed by atoms with E-state index < -0.39 is 6.10 Å². The highest BCUT2D eigenvalue weighted by Crippen LogP contribution is 2.29. The van der Waals surface area contributed by atoms with Gasteiger partial charge in [-0.2, -0.15) is 0 Å². The third-order valence-corrected chi connectivity index (χ3v) is 6.37. The third kappa shape index (κ3) is 4.37. The summed E-state index contributed by atoms with van der Waals surface area (Å²) in [5, 5.41) is 16.4. The number of thiophene rings is 2. The van der Waals surface area contributed by atoms with Crippen molar-refractivity contribution in [1.82, 2.24) is 4.90 Å². The molecule has 0 spiro atoms. The number of urea groups is 1. The van der Waals surface area contributed by atoms with Gasteiger partial charge in [-0.3, -0.25) is 5.32 Å². The Labute approximate surface area is 151 Å². The molecule has 0 aromatic carbocycles. The van der Waals surface area contributed by atoms with Crippen LogP contribution in [0.15, 0.2) is 29.6 Å². The molecule has 6 heteroatoms. The Hall–Kier alpha value is -1.37. The summed E-state index contributed by atoms with van der Waals surface area (Å²) in [6, 6.07) is 7.93. The standard InChI is InChI=1S/C18H24N2O2S2/c1-13-8-9-17(24-13)19-18(22)20-10-4-2-3-6-14(20)12-15(21)16-7-5-11-23-16/h5,7-9,11,14-15,21H,2-4,6,10,12H2,1H3,(H,19,22)/t14-,15+/m0/s1. The SMILES string of the molecule is Cc1ccc(NC(=O)N2CCCCC[C@H]2C[C@@H](O)c2cccs2)s1. The summed E-state index contributed by atoms with van der Waals surface area (Å²) >= 11 is 3.16. The number of carbonyl (C=O) groups is 1. The smallest absolute Gasteiger partial charge is 0.322 e. The van der Waals surface area contributed by atoms with E-state index in [1.54, 1.807) is 22.7 Å². The van der Waals surface area contributed by atoms with Crippen LogP contribution in [0.3, 0.4) is 0 Å². The van der Waals surface area contributed by atoms with Crippen LogP contribution in [-0.4, -0.2) is 28.6 Å². The molecule has 0 saturated carbocycles. The highest BCUT2D eigenvalue weighted by atomic mass is 32.1. The molecular formula is C18H24N2O2S2. The molecule has 1 saturated heterocycles. The molecule has 0 unspecified atom stereocenters. The fourth-order valence-corrected chi connectivity index (χ4v) is 4.71. The first kappa shape index (κ1) is 17.5. The number of nitrogens with one attached hydrogen (secondary N) is 1. The number of anilines is 1. The van der Waals surface area contributed by atoms with Crippen LogP contribution in [0, 0.1) is 6.92 Å². The van der Waals surface area contributed by atoms with Crippen molar-refractivity contribution in [2.45, 2.75) is 51.2 Å². The Morgan fingerprint density at radius 3 is 2.96 bits per heavy atom. The summed E-state index contributed by atoms with van der Waals surface area (Å²) in [6.45, 7) is 2.80. The number of carbonyl (C=O) groups excluding carboxylic acids is 1. The fourth-order valence-electron chi connectivity index (χ4n) is 3.22. The van der Waals surface area contributed by atoms with Crippen molar-refractivity contribution in [2.75, 3.05) is 11.9 Å². The first-order valence-corrected chi connectivity index (χ1v) is 10.2. The molecule has 2 amide bonds. The molecule has 3 heterocycles. The van der Waals surface area contributed by atoms with E-state index in [1.807, 2.05) is 41.5 Å². The molecule has 1 aliphatic heterocycles. The van der Waals surface area contributed by atoms with Crippen LogP contribution in [-0.2, 0) is 0 Å². The predicted octanol–water partition coefficient (Wildman–Crippen LogP) is 5.02. The third-order valence-electron chi connectivity index (χ3n) is 4.48. The highest BCUT2D eigenvalue weighted by molar-refractivity contribution is 7.16. The van der Waals surface area contributed by atoms with Crippen molar-refractivity contribution in [3.63, 3.8) is 0 Å². The van der Waals surface area contributed by atoms with Gasteiger partial charge in [-0.1, -0.05) is 18.9 Å². The molecule has 130 valence electrons. The van der Waals surface area contributed by atoms with Crippen LogP contribution in [0.5, 0.6) is 0 Å². The minimum Gasteiger partial charge on any atom is -0.387 e. The normalized spacial score (nSPS) is 19.8. The lowest BCUT2D eigenvalue weighted by molar-refractivity contribution is 0.118. The van der Waals surface area contributed by atoms with Gasteiger partial charge >= 0.3 is 6.03 Å². The maximum atomic E-state index is 12.8. The number of aryl methyl sites for hydroxylation is 1. The van der Waals surface area contributed by atoms with Crippen LogP contribution in [0.4, 0.5) is 9.80 Å². The highest BCUT2D eigenvalue weighted by Gasteiger charge is 2.28. The Morgan fingerprint density at radius 2 is 2.25 bits per heavy atom. The van der Waals surface area contributed by atoms with Crippen molar-refractivity contribution >= 4 is 33.7 Å². The summed E-state index contributed by atoms with van der Waals surface area (Å²) < 4.78 is 0. The zero-order chi connectivity index (χ0) is 16.9. The molecular weight excluding hydrogens is 340 g/mol. The van der Waals surface area contributed by atoms with Crippen molar-refractivity contribution in [3.05, 3.63) is 39.4 Å². The average molecular weight is 365 g/mol. The average Bonchev–Trinajstić information content (AvgIpc) is 3.16. The first-order chi connectivity index (χ1) is 11.6. The number of hydrogen-bond acceptors (Lipinski definition) is 4. The molecule has 3 rings (SSSR count). The molecule has 2 atom stereocenters. The topological polar surface area (TPSA) is 52.6 Å². The molecule has 24 heavy (non-hydrogen) atoms. The maximum Gasteiger partial charge on any atom is 0.322 e. The van der Waals surface area contributed by atoms with Crippen LogP contribution in [0.25, 0.3) is 0 Å². The van der Waals surface area contributed by atoms with Crippen molar-refractivity contribution in [3.8, 4) is 0 Å². The summed E-state index contributed by atoms with van der Waals surface area (Å²) in [4.78, 5) is 16.8. The predicted molar refractivity (Wildman–Crippen MR) is 101 cm³/mol. The van der Waals surface area contributed by atoms with Crippen molar-refractivity contribution in [1.29, 1.82) is 0 Å². The van der Waals surface area contributed by atoms with Gasteiger partial charge in [-0.25, -0.2) is 4.79 Å². The molecule has 1 aliphatic rings. The number of likely N-dealkylation sites (tertiary alicyclic amines) is 1. The molecule has 4 nitrogen and oxygen atoms in total. The van der Waals surface area contributed by atoms with E-state index in [1.165, 1.54) is 4.88 Å². The van der Waals surface area contributed by atoms with E-state index in [0.29, 0.717) is 6.42 Å². The summed E-state index contributed by atoms with van der Waals surface area (Å²) in [5.41, 5.74) is 0. The van der Waals surface area contributed by atoms with Gasteiger partial charge in [0.1, 0.15) is 0 Å². The lowest BCUT2D eigenvalue weighted by Crippen LogP contribution is -2.43. The molecule has 2 N–H and O–H groups in total. The van der Waals surface area contributed by atoms with E-state index in [4.69, 9.17) is 0 Å². The molecule has 2 aromatic rings. The van der Waals surface area contributed by atoms with Crippen LogP contribution in [0.1, 0.15) is 48.0 Å². The maximum absolute atomic E-state index is 12.8. The Kier molecular flexibility index (Phi) is 5.92. The van der Waals surface area contributed by atoms with Gasteiger partial charge in [-0.15, -0.1) is 22.7 Å². The van der Waals surface area contributed by atoms with Gasteiger partial charge < -0.3 is 10.0 Å². The fraction of sp³-hybridized carbons (Fsp3) is 0.500. The Balaban J connectivity index is 1.68.